The van der Waals surface area contributed by atoms with Gasteiger partial charge in [-0.05, 0) is 22.0 Å². The van der Waals surface area contributed by atoms with Crippen molar-refractivity contribution in [2.75, 3.05) is 0 Å². The van der Waals surface area contributed by atoms with Crippen LogP contribution < -0.4 is 0 Å². The minimum absolute atomic E-state index is 0.902. The third-order valence-electron chi connectivity index (χ3n) is 2.14. The van der Waals surface area contributed by atoms with Crippen LogP contribution in [0.4, 0.5) is 13.2 Å². The average Bonchev–Trinajstić information content (AvgIpc) is 2.24. The first kappa shape index (κ1) is 28.3. The van der Waals surface area contributed by atoms with Gasteiger partial charge in [-0.3, -0.25) is 0 Å². The van der Waals surface area contributed by atoms with Crippen LogP contribution in [0.5, 0.6) is 0 Å². The highest BCUT2D eigenvalue weighted by Crippen LogP contribution is 2.72. The van der Waals surface area contributed by atoms with Gasteiger partial charge in [-0.15, -0.1) is 0 Å². The molecule has 0 aromatic heterocycles. The van der Waals surface area contributed by atoms with Crippen LogP contribution in [0.25, 0.3) is 0 Å². The van der Waals surface area contributed by atoms with E-state index in [1.807, 2.05) is 0 Å². The summed E-state index contributed by atoms with van der Waals surface area (Å²) in [4.78, 5) is 0. The topological polar surface area (TPSA) is 0 Å². The summed E-state index contributed by atoms with van der Waals surface area (Å²) < 4.78 is 31.8. The molecule has 0 saturated heterocycles. The number of hydrogen-bond acceptors (Lipinski definition) is 0. The lowest BCUT2D eigenvalue weighted by Gasteiger charge is -2.50. The van der Waals surface area contributed by atoms with E-state index in [0.29, 0.717) is 0 Å². The van der Waals surface area contributed by atoms with E-state index in [9.17, 15) is 13.2 Å². The predicted octanol–water partition coefficient (Wildman–Crippen LogP) is 10.6. The Hall–Kier alpha value is 5.29. The summed E-state index contributed by atoms with van der Waals surface area (Å²) in [5.74, 6) is 0. The summed E-state index contributed by atoms with van der Waals surface area (Å²) in [6, 6.07) is 0. The Labute approximate surface area is 232 Å². The summed E-state index contributed by atoms with van der Waals surface area (Å²) in [7, 11) is 0. The first-order chi connectivity index (χ1) is 9.63. The smallest absolute Gasteiger partial charge is 0.166 e. The largest absolute Gasteiger partial charge is 0.422 e. The Balaban J connectivity index is 6.16. The molecule has 0 aliphatic rings. The summed E-state index contributed by atoms with van der Waals surface area (Å²) in [6.45, 7) is 0. The van der Waals surface area contributed by atoms with Crippen molar-refractivity contribution in [3.63, 3.8) is 0 Å². The van der Waals surface area contributed by atoms with Gasteiger partial charge >= 0.3 is 6.18 Å². The molecular formula is C8HBr12F3. The molecule has 0 aliphatic heterocycles. The van der Waals surface area contributed by atoms with Crippen molar-refractivity contribution in [2.24, 2.45) is 0 Å². The number of halogens is 15. The normalized spacial score (nSPS) is 16.7. The summed E-state index contributed by atoms with van der Waals surface area (Å²) in [5.41, 5.74) is 0. The van der Waals surface area contributed by atoms with Crippen molar-refractivity contribution in [3.8, 4) is 0 Å². The van der Waals surface area contributed by atoms with Gasteiger partial charge in [-0.2, -0.15) is 13.2 Å². The monoisotopic (exact) mass is 1100 g/mol. The Morgan fingerprint density at radius 3 is 1.22 bits per heavy atom. The van der Waals surface area contributed by atoms with Crippen molar-refractivity contribution in [2.45, 2.75) is 21.3 Å². The Kier molecular flexibility index (Phi) is 11.3. The van der Waals surface area contributed by atoms with Crippen molar-refractivity contribution < 1.29 is 13.2 Å². The molecule has 0 bridgehead atoms. The SMILES string of the molecule is FC(F)(F)C(Br)=CC(Br)(Br)C(Br)(Br)C(Br)(Br)C(Br)(Br)C(Br)(Br)Br. The molecule has 23 heavy (non-hydrogen) atoms. The fourth-order valence-electron chi connectivity index (χ4n) is 0.916. The van der Waals surface area contributed by atoms with Crippen LogP contribution in [0.3, 0.4) is 0 Å². The van der Waals surface area contributed by atoms with Gasteiger partial charge in [-0.1, -0.05) is 175 Å². The van der Waals surface area contributed by atoms with Crippen LogP contribution in [0, 0.1) is 0 Å². The Morgan fingerprint density at radius 1 is 0.609 bits per heavy atom. The van der Waals surface area contributed by atoms with E-state index >= 15 is 0 Å². The Bertz CT molecular complexity index is 472. The summed E-state index contributed by atoms with van der Waals surface area (Å²) >= 11 is 40.0. The van der Waals surface area contributed by atoms with Gasteiger partial charge in [0.15, 0.2) is 2.14 Å². The molecule has 0 radical (unpaired) electrons. The van der Waals surface area contributed by atoms with E-state index < -0.39 is 25.7 Å². The average molecular weight is 1110 g/mol. The molecule has 0 aromatic carbocycles. The maximum absolute atomic E-state index is 12.8. The van der Waals surface area contributed by atoms with Crippen molar-refractivity contribution in [1.82, 2.24) is 0 Å². The van der Waals surface area contributed by atoms with Crippen molar-refractivity contribution >= 4 is 191 Å². The number of alkyl halides is 14. The van der Waals surface area contributed by atoms with E-state index in [4.69, 9.17) is 0 Å². The molecule has 0 unspecified atom stereocenters. The van der Waals surface area contributed by atoms with E-state index in [1.165, 1.54) is 0 Å². The zero-order chi connectivity index (χ0) is 19.3. The first-order valence-corrected chi connectivity index (χ1v) is 14.2. The molecule has 0 atom stereocenters. The maximum Gasteiger partial charge on any atom is 0.422 e. The second kappa shape index (κ2) is 9.20. The van der Waals surface area contributed by atoms with Crippen LogP contribution in [0.2, 0.25) is 0 Å². The van der Waals surface area contributed by atoms with Gasteiger partial charge in [0, 0.05) is 0 Å². The lowest BCUT2D eigenvalue weighted by atomic mass is 10.2. The summed E-state index contributed by atoms with van der Waals surface area (Å²) in [5, 5.41) is 0. The lowest BCUT2D eigenvalue weighted by molar-refractivity contribution is -0.0830. The zero-order valence-corrected chi connectivity index (χ0v) is 28.8. The number of allylic oxidation sites excluding steroid dienone is 2. The molecule has 138 valence electrons. The van der Waals surface area contributed by atoms with Crippen molar-refractivity contribution in [3.05, 3.63) is 10.6 Å². The minimum Gasteiger partial charge on any atom is -0.166 e. The third-order valence-corrected chi connectivity index (χ3v) is 23.0. The van der Waals surface area contributed by atoms with E-state index in [0.717, 1.165) is 6.08 Å². The molecule has 0 heterocycles. The van der Waals surface area contributed by atoms with Gasteiger partial charge in [0.1, 0.15) is 12.9 Å². The molecule has 15 heteroatoms. The molecule has 0 saturated carbocycles. The standard InChI is InChI=1S/C8HBr12F3/c9-2(4(21,22)23)1-3(10,11)5(12,13)6(14,15)7(16,17)8(18,19)20/h1H. The molecule has 0 amide bonds. The maximum atomic E-state index is 12.8. The van der Waals surface area contributed by atoms with Gasteiger partial charge in [0.05, 0.1) is 4.48 Å². The van der Waals surface area contributed by atoms with Gasteiger partial charge in [-0.25, -0.2) is 0 Å². The number of hydrogen-bond donors (Lipinski definition) is 0. The van der Waals surface area contributed by atoms with Crippen molar-refractivity contribution in [1.29, 1.82) is 0 Å². The van der Waals surface area contributed by atoms with Gasteiger partial charge in [0.25, 0.3) is 0 Å². The highest BCUT2D eigenvalue weighted by atomic mass is 80.0. The fourth-order valence-corrected chi connectivity index (χ4v) is 10.2. The summed E-state index contributed by atoms with van der Waals surface area (Å²) in [6.07, 6.45) is -3.61. The third kappa shape index (κ3) is 6.38. The molecule has 0 nitrogen and oxygen atoms in total. The van der Waals surface area contributed by atoms with Crippen LogP contribution in [-0.4, -0.2) is 21.3 Å². The molecular weight excluding hydrogens is 1110 g/mol. The quantitative estimate of drug-likeness (QED) is 0.246. The molecule has 0 N–H and O–H groups in total. The second-order valence-electron chi connectivity index (χ2n) is 3.83. The van der Waals surface area contributed by atoms with E-state index in [-0.39, 0.29) is 0 Å². The molecule has 0 aromatic rings. The van der Waals surface area contributed by atoms with Crippen LogP contribution in [0.1, 0.15) is 0 Å². The number of rotatable bonds is 4. The van der Waals surface area contributed by atoms with Crippen LogP contribution >= 0.6 is 191 Å². The van der Waals surface area contributed by atoms with E-state index in [2.05, 4.69) is 191 Å². The second-order valence-corrected chi connectivity index (χ2v) is 25.3. The highest BCUT2D eigenvalue weighted by Gasteiger charge is 2.69. The molecule has 0 aliphatic carbocycles. The zero-order valence-electron chi connectivity index (χ0n) is 9.75. The fraction of sp³-hybridized carbons (Fsp3) is 0.750. The molecule has 0 rings (SSSR count). The lowest BCUT2D eigenvalue weighted by Crippen LogP contribution is -2.59. The molecule has 0 fully saturated rings. The van der Waals surface area contributed by atoms with Crippen LogP contribution in [-0.2, 0) is 0 Å². The predicted molar refractivity (Wildman–Crippen MR) is 135 cm³/mol. The van der Waals surface area contributed by atoms with Gasteiger partial charge in [0.2, 0.25) is 0 Å². The minimum atomic E-state index is -4.53. The first-order valence-electron chi connectivity index (χ1n) is 4.66. The van der Waals surface area contributed by atoms with E-state index in [1.54, 1.807) is 0 Å². The highest BCUT2D eigenvalue weighted by molar-refractivity contribution is 9.42. The molecule has 0 spiro atoms. The van der Waals surface area contributed by atoms with Crippen LogP contribution in [0.15, 0.2) is 10.6 Å². The van der Waals surface area contributed by atoms with Gasteiger partial charge < -0.3 is 0 Å². The Morgan fingerprint density at radius 2 is 0.957 bits per heavy atom.